The molecule has 0 amide bonds. The minimum absolute atomic E-state index is 0.0773. The Hall–Kier alpha value is -1.08. The zero-order valence-corrected chi connectivity index (χ0v) is 11.5. The first-order chi connectivity index (χ1) is 9.65. The van der Waals surface area contributed by atoms with Crippen molar-refractivity contribution in [3.8, 4) is 0 Å². The van der Waals surface area contributed by atoms with Crippen LogP contribution in [0.15, 0.2) is 12.2 Å². The Labute approximate surface area is 119 Å². The van der Waals surface area contributed by atoms with Gasteiger partial charge >= 0.3 is 12.1 Å². The molecule has 21 heavy (non-hydrogen) atoms. The van der Waals surface area contributed by atoms with Crippen molar-refractivity contribution in [2.45, 2.75) is 43.8 Å². The van der Waals surface area contributed by atoms with Crippen LogP contribution < -0.4 is 0 Å². The molecule has 2 fully saturated rings. The molecule has 0 aromatic rings. The normalized spacial score (nSPS) is 45.3. The van der Waals surface area contributed by atoms with Gasteiger partial charge in [-0.2, -0.15) is 13.2 Å². The number of carbonyl (C=O) groups excluding carboxylic acids is 1. The third-order valence-electron chi connectivity index (χ3n) is 4.84. The molecule has 7 heteroatoms. The number of ether oxygens (including phenoxy) is 2. The van der Waals surface area contributed by atoms with Crippen LogP contribution in [0.3, 0.4) is 0 Å². The van der Waals surface area contributed by atoms with E-state index in [-0.39, 0.29) is 11.8 Å². The predicted molar refractivity (Wildman–Crippen MR) is 64.9 cm³/mol. The first kappa shape index (κ1) is 14.8. The second kappa shape index (κ2) is 4.46. The SMILES string of the molecule is CC(=O)OC1(C2CC3C=CC2C3)COC(O)(C(F)(F)F)C1. The van der Waals surface area contributed by atoms with Crippen molar-refractivity contribution in [2.24, 2.45) is 17.8 Å². The van der Waals surface area contributed by atoms with Crippen molar-refractivity contribution >= 4 is 5.97 Å². The maximum Gasteiger partial charge on any atom is 0.443 e. The number of rotatable bonds is 2. The van der Waals surface area contributed by atoms with E-state index in [0.717, 1.165) is 13.3 Å². The van der Waals surface area contributed by atoms with Crippen LogP contribution in [0, 0.1) is 17.8 Å². The molecule has 3 rings (SSSR count). The molecule has 2 aliphatic carbocycles. The van der Waals surface area contributed by atoms with Gasteiger partial charge in [-0.05, 0) is 24.7 Å². The quantitative estimate of drug-likeness (QED) is 0.627. The van der Waals surface area contributed by atoms with Gasteiger partial charge < -0.3 is 14.6 Å². The summed E-state index contributed by atoms with van der Waals surface area (Å²) in [7, 11) is 0. The van der Waals surface area contributed by atoms with Crippen molar-refractivity contribution < 1.29 is 32.5 Å². The van der Waals surface area contributed by atoms with Gasteiger partial charge in [0.1, 0.15) is 5.60 Å². The van der Waals surface area contributed by atoms with Crippen LogP contribution >= 0.6 is 0 Å². The highest BCUT2D eigenvalue weighted by Crippen LogP contribution is 2.55. The number of aliphatic hydroxyl groups is 1. The Morgan fingerprint density at radius 2 is 2.10 bits per heavy atom. The number of esters is 1. The van der Waals surface area contributed by atoms with Crippen LogP contribution in [0.2, 0.25) is 0 Å². The van der Waals surface area contributed by atoms with Crippen LogP contribution in [0.5, 0.6) is 0 Å². The van der Waals surface area contributed by atoms with Gasteiger partial charge in [0.2, 0.25) is 0 Å². The molecule has 118 valence electrons. The number of allylic oxidation sites excluding steroid dienone is 2. The van der Waals surface area contributed by atoms with Gasteiger partial charge in [-0.25, -0.2) is 0 Å². The molecule has 1 N–H and O–H groups in total. The molecule has 4 nitrogen and oxygen atoms in total. The summed E-state index contributed by atoms with van der Waals surface area (Å²) in [6, 6.07) is 0. The average Bonchev–Trinajstić information content (AvgIpc) is 3.02. The topological polar surface area (TPSA) is 55.8 Å². The molecule has 0 aromatic carbocycles. The number of halogens is 3. The molecule has 0 radical (unpaired) electrons. The van der Waals surface area contributed by atoms with Gasteiger partial charge in [0, 0.05) is 12.8 Å². The number of hydrogen-bond acceptors (Lipinski definition) is 4. The number of hydrogen-bond donors (Lipinski definition) is 1. The summed E-state index contributed by atoms with van der Waals surface area (Å²) in [5.41, 5.74) is -1.40. The van der Waals surface area contributed by atoms with E-state index in [1.807, 2.05) is 12.2 Å². The lowest BCUT2D eigenvalue weighted by Gasteiger charge is -2.37. The fourth-order valence-corrected chi connectivity index (χ4v) is 3.98. The van der Waals surface area contributed by atoms with Crippen molar-refractivity contribution in [1.29, 1.82) is 0 Å². The molecule has 5 atom stereocenters. The molecule has 1 heterocycles. The molecule has 1 aliphatic heterocycles. The maximum absolute atomic E-state index is 13.0. The van der Waals surface area contributed by atoms with Crippen molar-refractivity contribution in [1.82, 2.24) is 0 Å². The van der Waals surface area contributed by atoms with Crippen molar-refractivity contribution in [3.05, 3.63) is 12.2 Å². The maximum atomic E-state index is 13.0. The second-order valence-electron chi connectivity index (χ2n) is 6.29. The highest BCUT2D eigenvalue weighted by molar-refractivity contribution is 5.66. The van der Waals surface area contributed by atoms with Gasteiger partial charge in [0.05, 0.1) is 13.0 Å². The summed E-state index contributed by atoms with van der Waals surface area (Å²) in [4.78, 5) is 11.4. The van der Waals surface area contributed by atoms with Crippen LogP contribution in [0.4, 0.5) is 13.2 Å². The van der Waals surface area contributed by atoms with E-state index < -0.39 is 36.6 Å². The smallest absolute Gasteiger partial charge is 0.443 e. The predicted octanol–water partition coefficient (Wildman–Crippen LogP) is 2.17. The lowest BCUT2D eigenvalue weighted by atomic mass is 9.76. The van der Waals surface area contributed by atoms with Crippen LogP contribution in [-0.2, 0) is 14.3 Å². The zero-order chi connectivity index (χ0) is 15.5. The first-order valence-corrected chi connectivity index (χ1v) is 6.96. The first-order valence-electron chi connectivity index (χ1n) is 6.96. The van der Waals surface area contributed by atoms with E-state index >= 15 is 0 Å². The van der Waals surface area contributed by atoms with E-state index in [1.54, 1.807) is 0 Å². The number of alkyl halides is 3. The van der Waals surface area contributed by atoms with Crippen molar-refractivity contribution in [2.75, 3.05) is 6.61 Å². The fourth-order valence-electron chi connectivity index (χ4n) is 3.98. The molecule has 0 spiro atoms. The highest BCUT2D eigenvalue weighted by atomic mass is 19.4. The van der Waals surface area contributed by atoms with Gasteiger partial charge in [-0.15, -0.1) is 0 Å². The number of carbonyl (C=O) groups is 1. The summed E-state index contributed by atoms with van der Waals surface area (Å²) < 4.78 is 48.9. The van der Waals surface area contributed by atoms with Gasteiger partial charge in [0.25, 0.3) is 5.79 Å². The van der Waals surface area contributed by atoms with E-state index in [0.29, 0.717) is 12.3 Å². The zero-order valence-electron chi connectivity index (χ0n) is 11.5. The van der Waals surface area contributed by atoms with Gasteiger partial charge in [0.15, 0.2) is 0 Å². The Kier molecular flexibility index (Phi) is 3.15. The summed E-state index contributed by atoms with van der Waals surface area (Å²) in [6.07, 6.45) is -0.138. The lowest BCUT2D eigenvalue weighted by Crippen LogP contribution is -2.49. The minimum atomic E-state index is -4.91. The molecule has 5 unspecified atom stereocenters. The fraction of sp³-hybridized carbons (Fsp3) is 0.786. The van der Waals surface area contributed by atoms with E-state index in [2.05, 4.69) is 4.74 Å². The molecule has 2 bridgehead atoms. The second-order valence-corrected chi connectivity index (χ2v) is 6.29. The average molecular weight is 306 g/mol. The monoisotopic (exact) mass is 306 g/mol. The van der Waals surface area contributed by atoms with Crippen molar-refractivity contribution in [3.63, 3.8) is 0 Å². The largest absolute Gasteiger partial charge is 0.456 e. The standard InChI is InChI=1S/C14H17F3O4/c1-8(18)21-12(11-5-9-2-3-10(11)4-9)6-13(19,20-7-12)14(15,16)17/h2-3,9-11,19H,4-7H2,1H3. The Bertz CT molecular complexity index is 489. The van der Waals surface area contributed by atoms with E-state index in [4.69, 9.17) is 4.74 Å². The van der Waals surface area contributed by atoms with Gasteiger partial charge in [-0.1, -0.05) is 12.2 Å². The van der Waals surface area contributed by atoms with E-state index in [9.17, 15) is 23.1 Å². The molecule has 1 saturated carbocycles. The molecular weight excluding hydrogens is 289 g/mol. The summed E-state index contributed by atoms with van der Waals surface area (Å²) in [6.45, 7) is 0.736. The highest BCUT2D eigenvalue weighted by Gasteiger charge is 2.68. The van der Waals surface area contributed by atoms with Gasteiger partial charge in [-0.3, -0.25) is 4.79 Å². The number of fused-ring (bicyclic) bond motifs is 2. The Balaban J connectivity index is 1.90. The van der Waals surface area contributed by atoms with Crippen LogP contribution in [0.1, 0.15) is 26.2 Å². The van der Waals surface area contributed by atoms with E-state index in [1.165, 1.54) is 0 Å². The third-order valence-corrected chi connectivity index (χ3v) is 4.84. The summed E-state index contributed by atoms with van der Waals surface area (Å²) in [5, 5.41) is 9.75. The summed E-state index contributed by atoms with van der Waals surface area (Å²) >= 11 is 0. The molecular formula is C14H17F3O4. The lowest BCUT2D eigenvalue weighted by molar-refractivity contribution is -0.349. The third kappa shape index (κ3) is 2.26. The molecule has 0 aromatic heterocycles. The van der Waals surface area contributed by atoms with Crippen LogP contribution in [-0.4, -0.2) is 35.2 Å². The Morgan fingerprint density at radius 1 is 1.38 bits per heavy atom. The Morgan fingerprint density at radius 3 is 2.52 bits per heavy atom. The van der Waals surface area contributed by atoms with Crippen LogP contribution in [0.25, 0.3) is 0 Å². The minimum Gasteiger partial charge on any atom is -0.456 e. The molecule has 1 saturated heterocycles. The molecule has 3 aliphatic rings. The summed E-state index contributed by atoms with van der Waals surface area (Å²) in [5.74, 6) is -3.75.